The van der Waals surface area contributed by atoms with Crippen LogP contribution in [0.5, 0.6) is 5.75 Å². The molecule has 1 aromatic heterocycles. The van der Waals surface area contributed by atoms with Gasteiger partial charge >= 0.3 is 0 Å². The maximum absolute atomic E-state index is 11.6. The third-order valence-electron chi connectivity index (χ3n) is 7.52. The highest BCUT2D eigenvalue weighted by molar-refractivity contribution is 6.30. The van der Waals surface area contributed by atoms with Crippen molar-refractivity contribution in [1.29, 1.82) is 0 Å². The van der Waals surface area contributed by atoms with Gasteiger partial charge in [-0.3, -0.25) is 4.79 Å². The van der Waals surface area contributed by atoms with E-state index in [-0.39, 0.29) is 11.9 Å². The standard InChI is InChI=1S/C29H36ClN3O3/c1-21(31-22(2)34)18-33-27-8-7-26(16-24(27)17-28(33)23-5-3-6-25(30)15-23)36-14-4-11-32-12-9-29(10-13-32)19-35-20-29/h3,5-8,15-17,21H,4,9-14,18-20H2,1-2H3,(H,31,34). The van der Waals surface area contributed by atoms with Crippen LogP contribution in [0.15, 0.2) is 48.5 Å². The molecular weight excluding hydrogens is 474 g/mol. The van der Waals surface area contributed by atoms with E-state index >= 15 is 0 Å². The van der Waals surface area contributed by atoms with Gasteiger partial charge in [0.2, 0.25) is 5.91 Å². The molecule has 1 spiro atoms. The third kappa shape index (κ3) is 5.72. The Kier molecular flexibility index (Phi) is 7.56. The Bertz CT molecular complexity index is 1210. The van der Waals surface area contributed by atoms with Crippen LogP contribution < -0.4 is 10.1 Å². The lowest BCUT2D eigenvalue weighted by Crippen LogP contribution is -2.51. The molecule has 0 saturated carbocycles. The zero-order valence-corrected chi connectivity index (χ0v) is 22.0. The van der Waals surface area contributed by atoms with Crippen LogP contribution in [0.2, 0.25) is 5.02 Å². The number of hydrogen-bond acceptors (Lipinski definition) is 4. The van der Waals surface area contributed by atoms with Crippen LogP contribution in [0.3, 0.4) is 0 Å². The molecule has 2 saturated heterocycles. The molecule has 36 heavy (non-hydrogen) atoms. The van der Waals surface area contributed by atoms with Crippen molar-refractivity contribution in [2.75, 3.05) is 39.5 Å². The van der Waals surface area contributed by atoms with Gasteiger partial charge in [-0.15, -0.1) is 0 Å². The van der Waals surface area contributed by atoms with Crippen molar-refractivity contribution in [1.82, 2.24) is 14.8 Å². The maximum Gasteiger partial charge on any atom is 0.217 e. The summed E-state index contributed by atoms with van der Waals surface area (Å²) in [6.07, 6.45) is 3.54. The monoisotopic (exact) mass is 509 g/mol. The van der Waals surface area contributed by atoms with Gasteiger partial charge in [-0.2, -0.15) is 0 Å². The van der Waals surface area contributed by atoms with E-state index in [2.05, 4.69) is 39.0 Å². The summed E-state index contributed by atoms with van der Waals surface area (Å²) in [5, 5.41) is 4.81. The van der Waals surface area contributed by atoms with Crippen molar-refractivity contribution in [2.45, 2.75) is 45.7 Å². The fourth-order valence-corrected chi connectivity index (χ4v) is 5.69. The second-order valence-electron chi connectivity index (χ2n) is 10.5. The highest BCUT2D eigenvalue weighted by atomic mass is 35.5. The summed E-state index contributed by atoms with van der Waals surface area (Å²) in [4.78, 5) is 14.2. The lowest BCUT2D eigenvalue weighted by Gasteiger charge is -2.47. The number of amides is 1. The van der Waals surface area contributed by atoms with Gasteiger partial charge in [-0.25, -0.2) is 0 Å². The quantitative estimate of drug-likeness (QED) is 0.394. The van der Waals surface area contributed by atoms with E-state index in [4.69, 9.17) is 21.1 Å². The number of nitrogens with zero attached hydrogens (tertiary/aromatic N) is 2. The number of piperidine rings is 1. The van der Waals surface area contributed by atoms with E-state index in [1.165, 1.54) is 25.9 Å². The lowest BCUT2D eigenvalue weighted by molar-refractivity contribution is -0.139. The number of nitrogens with one attached hydrogen (secondary N) is 1. The summed E-state index contributed by atoms with van der Waals surface area (Å²) >= 11 is 6.30. The number of rotatable bonds is 9. The molecule has 0 bridgehead atoms. The van der Waals surface area contributed by atoms with Crippen LogP contribution in [-0.2, 0) is 16.1 Å². The molecule has 7 heteroatoms. The molecule has 1 atom stereocenters. The molecule has 5 rings (SSSR count). The fourth-order valence-electron chi connectivity index (χ4n) is 5.50. The van der Waals surface area contributed by atoms with E-state index in [9.17, 15) is 4.79 Å². The number of hydrogen-bond donors (Lipinski definition) is 1. The Morgan fingerprint density at radius 1 is 1.17 bits per heavy atom. The maximum atomic E-state index is 11.6. The molecule has 2 aromatic carbocycles. The predicted molar refractivity (Wildman–Crippen MR) is 145 cm³/mol. The smallest absolute Gasteiger partial charge is 0.217 e. The molecular formula is C29H36ClN3O3. The summed E-state index contributed by atoms with van der Waals surface area (Å²) in [5.74, 6) is 0.858. The van der Waals surface area contributed by atoms with Gasteiger partial charge in [-0.1, -0.05) is 23.7 Å². The van der Waals surface area contributed by atoms with E-state index < -0.39 is 0 Å². The van der Waals surface area contributed by atoms with Gasteiger partial charge in [0.25, 0.3) is 0 Å². The van der Waals surface area contributed by atoms with Crippen LogP contribution in [0.25, 0.3) is 22.2 Å². The number of likely N-dealkylation sites (tertiary alicyclic amines) is 1. The topological polar surface area (TPSA) is 55.7 Å². The molecule has 1 unspecified atom stereocenters. The summed E-state index contributed by atoms with van der Waals surface area (Å²) < 4.78 is 13.8. The number of ether oxygens (including phenoxy) is 2. The number of aromatic nitrogens is 1. The molecule has 192 valence electrons. The van der Waals surface area contributed by atoms with Crippen LogP contribution in [0.1, 0.15) is 33.1 Å². The summed E-state index contributed by atoms with van der Waals surface area (Å²) in [7, 11) is 0. The molecule has 2 fully saturated rings. The Hall–Kier alpha value is -2.54. The number of carbonyl (C=O) groups is 1. The number of halogens is 1. The minimum absolute atomic E-state index is 0.00607. The molecule has 1 amide bonds. The van der Waals surface area contributed by atoms with Gasteiger partial charge in [0.05, 0.1) is 19.8 Å². The molecule has 2 aliphatic heterocycles. The minimum atomic E-state index is -0.0277. The van der Waals surface area contributed by atoms with Gasteiger partial charge in [-0.05, 0) is 81.2 Å². The third-order valence-corrected chi connectivity index (χ3v) is 7.76. The molecule has 0 aliphatic carbocycles. The average Bonchev–Trinajstić information content (AvgIpc) is 3.18. The second-order valence-corrected chi connectivity index (χ2v) is 10.9. The number of carbonyl (C=O) groups excluding carboxylic acids is 1. The first kappa shape index (κ1) is 25.1. The van der Waals surface area contributed by atoms with Crippen molar-refractivity contribution >= 4 is 28.4 Å². The van der Waals surface area contributed by atoms with Crippen LogP contribution >= 0.6 is 11.6 Å². The van der Waals surface area contributed by atoms with E-state index in [0.717, 1.165) is 54.1 Å². The number of fused-ring (bicyclic) bond motifs is 1. The van der Waals surface area contributed by atoms with Gasteiger partial charge < -0.3 is 24.3 Å². The second kappa shape index (κ2) is 10.8. The highest BCUT2D eigenvalue weighted by Crippen LogP contribution is 2.38. The van der Waals surface area contributed by atoms with E-state index in [0.29, 0.717) is 23.6 Å². The first-order valence-corrected chi connectivity index (χ1v) is 13.4. The normalized spacial score (nSPS) is 18.2. The van der Waals surface area contributed by atoms with Gasteiger partial charge in [0.1, 0.15) is 5.75 Å². The lowest BCUT2D eigenvalue weighted by atomic mass is 9.77. The van der Waals surface area contributed by atoms with Crippen molar-refractivity contribution in [3.05, 3.63) is 53.6 Å². The Labute approximate surface area is 218 Å². The summed E-state index contributed by atoms with van der Waals surface area (Å²) in [6.45, 7) is 10.3. The van der Waals surface area contributed by atoms with Crippen LogP contribution in [-0.4, -0.2) is 60.9 Å². The first-order chi connectivity index (χ1) is 17.4. The predicted octanol–water partition coefficient (Wildman–Crippen LogP) is 5.37. The van der Waals surface area contributed by atoms with Crippen molar-refractivity contribution in [3.8, 4) is 17.0 Å². The first-order valence-electron chi connectivity index (χ1n) is 13.0. The minimum Gasteiger partial charge on any atom is -0.494 e. The Morgan fingerprint density at radius 3 is 2.67 bits per heavy atom. The fraction of sp³-hybridized carbons (Fsp3) is 0.483. The zero-order chi connectivity index (χ0) is 25.1. The van der Waals surface area contributed by atoms with Crippen molar-refractivity contribution in [2.24, 2.45) is 5.41 Å². The molecule has 0 radical (unpaired) electrons. The number of benzene rings is 2. The Balaban J connectivity index is 1.25. The Morgan fingerprint density at radius 2 is 1.97 bits per heavy atom. The van der Waals surface area contributed by atoms with Crippen LogP contribution in [0.4, 0.5) is 0 Å². The SMILES string of the molecule is CC(=O)NC(C)Cn1c(-c2cccc(Cl)c2)cc2cc(OCCCN3CCC4(CC3)COC4)ccc21. The molecule has 3 heterocycles. The van der Waals surface area contributed by atoms with Gasteiger partial charge in [0, 0.05) is 53.1 Å². The summed E-state index contributed by atoms with van der Waals surface area (Å²) in [6, 6.07) is 16.3. The molecule has 2 aliphatic rings. The highest BCUT2D eigenvalue weighted by Gasteiger charge is 2.40. The van der Waals surface area contributed by atoms with E-state index in [1.807, 2.05) is 31.2 Å². The van der Waals surface area contributed by atoms with Crippen molar-refractivity contribution in [3.63, 3.8) is 0 Å². The summed E-state index contributed by atoms with van der Waals surface area (Å²) in [5.41, 5.74) is 3.72. The molecule has 3 aromatic rings. The van der Waals surface area contributed by atoms with Gasteiger partial charge in [0.15, 0.2) is 0 Å². The van der Waals surface area contributed by atoms with Crippen molar-refractivity contribution < 1.29 is 14.3 Å². The largest absolute Gasteiger partial charge is 0.494 e. The average molecular weight is 510 g/mol. The van der Waals surface area contributed by atoms with E-state index in [1.54, 1.807) is 6.92 Å². The molecule has 6 nitrogen and oxygen atoms in total. The zero-order valence-electron chi connectivity index (χ0n) is 21.3. The molecule has 1 N–H and O–H groups in total. The van der Waals surface area contributed by atoms with Crippen LogP contribution in [0, 0.1) is 5.41 Å².